The topological polar surface area (TPSA) is 89.3 Å². The van der Waals surface area contributed by atoms with Gasteiger partial charge < -0.3 is 10.8 Å². The van der Waals surface area contributed by atoms with Gasteiger partial charge in [-0.15, -0.1) is 0 Å². The first kappa shape index (κ1) is 10.9. The van der Waals surface area contributed by atoms with Crippen LogP contribution in [0.2, 0.25) is 0 Å². The van der Waals surface area contributed by atoms with Crippen LogP contribution >= 0.6 is 15.9 Å². The van der Waals surface area contributed by atoms with Gasteiger partial charge in [-0.05, 0) is 35.7 Å². The van der Waals surface area contributed by atoms with E-state index in [4.69, 9.17) is 5.73 Å². The van der Waals surface area contributed by atoms with E-state index in [0.717, 1.165) is 5.82 Å². The molecule has 0 saturated heterocycles. The summed E-state index contributed by atoms with van der Waals surface area (Å²) in [5.41, 5.74) is 5.90. The number of rotatable bonds is 1. The SMILES string of the molecule is CC1(O)CC(c2nc(Br)c3c(N)ncnn23)C1. The molecule has 0 aromatic carbocycles. The Morgan fingerprint density at radius 2 is 2.29 bits per heavy atom. The lowest BCUT2D eigenvalue weighted by atomic mass is 9.72. The molecule has 17 heavy (non-hydrogen) atoms. The van der Waals surface area contributed by atoms with Crippen molar-refractivity contribution in [2.45, 2.75) is 31.3 Å². The van der Waals surface area contributed by atoms with Crippen molar-refractivity contribution >= 4 is 27.3 Å². The van der Waals surface area contributed by atoms with Crippen molar-refractivity contribution in [3.63, 3.8) is 0 Å². The van der Waals surface area contributed by atoms with Crippen molar-refractivity contribution in [1.29, 1.82) is 0 Å². The summed E-state index contributed by atoms with van der Waals surface area (Å²) in [6, 6.07) is 0. The minimum Gasteiger partial charge on any atom is -0.390 e. The van der Waals surface area contributed by atoms with Gasteiger partial charge in [0.05, 0.1) is 5.60 Å². The molecular weight excluding hydrogens is 286 g/mol. The zero-order chi connectivity index (χ0) is 12.2. The van der Waals surface area contributed by atoms with Crippen LogP contribution in [0.25, 0.3) is 5.52 Å². The van der Waals surface area contributed by atoms with Crippen molar-refractivity contribution in [2.75, 3.05) is 5.73 Å². The lowest BCUT2D eigenvalue weighted by molar-refractivity contribution is -0.0337. The maximum absolute atomic E-state index is 9.77. The highest BCUT2D eigenvalue weighted by Crippen LogP contribution is 2.44. The molecule has 1 aliphatic rings. The molecule has 0 radical (unpaired) electrons. The summed E-state index contributed by atoms with van der Waals surface area (Å²) in [4.78, 5) is 8.36. The maximum atomic E-state index is 9.77. The van der Waals surface area contributed by atoms with Gasteiger partial charge in [0.15, 0.2) is 5.82 Å². The average Bonchev–Trinajstić information content (AvgIpc) is 2.54. The summed E-state index contributed by atoms with van der Waals surface area (Å²) in [5.74, 6) is 1.45. The molecule has 0 bridgehead atoms. The molecule has 0 aliphatic heterocycles. The van der Waals surface area contributed by atoms with Gasteiger partial charge in [-0.3, -0.25) is 0 Å². The zero-order valence-corrected chi connectivity index (χ0v) is 10.8. The molecule has 0 spiro atoms. The molecule has 3 rings (SSSR count). The number of anilines is 1. The Bertz CT molecular complexity index is 586. The van der Waals surface area contributed by atoms with E-state index in [9.17, 15) is 5.11 Å². The summed E-state index contributed by atoms with van der Waals surface area (Å²) in [7, 11) is 0. The van der Waals surface area contributed by atoms with E-state index in [1.165, 1.54) is 6.33 Å². The van der Waals surface area contributed by atoms with Gasteiger partial charge in [-0.2, -0.15) is 5.10 Å². The number of nitrogens with two attached hydrogens (primary N) is 1. The van der Waals surface area contributed by atoms with Gasteiger partial charge in [0.2, 0.25) is 0 Å². The number of aliphatic hydroxyl groups is 1. The number of halogens is 1. The Morgan fingerprint density at radius 3 is 2.94 bits per heavy atom. The van der Waals surface area contributed by atoms with Crippen molar-refractivity contribution in [1.82, 2.24) is 19.6 Å². The summed E-state index contributed by atoms with van der Waals surface area (Å²) >= 11 is 3.36. The number of nitrogens with zero attached hydrogens (tertiary/aromatic N) is 4. The van der Waals surface area contributed by atoms with Crippen LogP contribution in [0.1, 0.15) is 31.5 Å². The van der Waals surface area contributed by atoms with E-state index in [0.29, 0.717) is 28.8 Å². The second-order valence-corrected chi connectivity index (χ2v) is 5.52. The van der Waals surface area contributed by atoms with E-state index in [1.807, 2.05) is 6.92 Å². The molecule has 3 N–H and O–H groups in total. The molecule has 0 atom stereocenters. The highest BCUT2D eigenvalue weighted by molar-refractivity contribution is 9.10. The highest BCUT2D eigenvalue weighted by Gasteiger charge is 2.41. The number of imidazole rings is 1. The average molecular weight is 298 g/mol. The minimum absolute atomic E-state index is 0.220. The lowest BCUT2D eigenvalue weighted by Gasteiger charge is -2.39. The lowest BCUT2D eigenvalue weighted by Crippen LogP contribution is -2.40. The van der Waals surface area contributed by atoms with E-state index < -0.39 is 5.60 Å². The van der Waals surface area contributed by atoms with E-state index in [1.54, 1.807) is 4.52 Å². The molecule has 7 heteroatoms. The van der Waals surface area contributed by atoms with Gasteiger partial charge in [-0.25, -0.2) is 14.5 Å². The van der Waals surface area contributed by atoms with Gasteiger partial charge >= 0.3 is 0 Å². The van der Waals surface area contributed by atoms with Gasteiger partial charge in [0.25, 0.3) is 0 Å². The maximum Gasteiger partial charge on any atom is 0.154 e. The number of hydrogen-bond donors (Lipinski definition) is 2. The molecule has 1 saturated carbocycles. The zero-order valence-electron chi connectivity index (χ0n) is 9.26. The van der Waals surface area contributed by atoms with Crippen LogP contribution in [0.3, 0.4) is 0 Å². The largest absolute Gasteiger partial charge is 0.390 e. The number of fused-ring (bicyclic) bond motifs is 1. The van der Waals surface area contributed by atoms with Crippen LogP contribution in [0.15, 0.2) is 10.9 Å². The van der Waals surface area contributed by atoms with E-state index in [2.05, 4.69) is 31.0 Å². The number of hydrogen-bond acceptors (Lipinski definition) is 5. The second kappa shape index (κ2) is 3.39. The fourth-order valence-electron chi connectivity index (χ4n) is 2.38. The normalized spacial score (nSPS) is 28.3. The Morgan fingerprint density at radius 1 is 1.59 bits per heavy atom. The smallest absolute Gasteiger partial charge is 0.154 e. The molecule has 1 fully saturated rings. The van der Waals surface area contributed by atoms with Crippen molar-refractivity contribution < 1.29 is 5.11 Å². The first-order chi connectivity index (χ1) is 7.98. The van der Waals surface area contributed by atoms with Gasteiger partial charge in [0, 0.05) is 5.92 Å². The van der Waals surface area contributed by atoms with Crippen LogP contribution < -0.4 is 5.73 Å². The first-order valence-corrected chi connectivity index (χ1v) is 6.14. The monoisotopic (exact) mass is 297 g/mol. The predicted octanol–water partition coefficient (Wildman–Crippen LogP) is 1.10. The minimum atomic E-state index is -0.582. The summed E-state index contributed by atoms with van der Waals surface area (Å²) in [5, 5.41) is 13.9. The van der Waals surface area contributed by atoms with Crippen molar-refractivity contribution in [3.8, 4) is 0 Å². The number of aromatic nitrogens is 4. The van der Waals surface area contributed by atoms with Crippen LogP contribution in [-0.4, -0.2) is 30.3 Å². The fraction of sp³-hybridized carbons (Fsp3) is 0.500. The molecule has 6 nitrogen and oxygen atoms in total. The van der Waals surface area contributed by atoms with Crippen molar-refractivity contribution in [3.05, 3.63) is 16.8 Å². The Hall–Kier alpha value is -1.21. The van der Waals surface area contributed by atoms with Crippen molar-refractivity contribution in [2.24, 2.45) is 0 Å². The fourth-order valence-corrected chi connectivity index (χ4v) is 2.94. The molecule has 2 aromatic rings. The Labute approximate surface area is 106 Å². The second-order valence-electron chi connectivity index (χ2n) is 4.77. The van der Waals surface area contributed by atoms with Gasteiger partial charge in [0.1, 0.15) is 22.3 Å². The third-order valence-corrected chi connectivity index (χ3v) is 3.73. The Balaban J connectivity index is 2.10. The van der Waals surface area contributed by atoms with Gasteiger partial charge in [-0.1, -0.05) is 0 Å². The molecule has 2 heterocycles. The van der Waals surface area contributed by atoms with Crippen LogP contribution in [-0.2, 0) is 0 Å². The molecule has 0 unspecified atom stereocenters. The summed E-state index contributed by atoms with van der Waals surface area (Å²) in [6.45, 7) is 1.83. The van der Waals surface area contributed by atoms with Crippen LogP contribution in [0.4, 0.5) is 5.82 Å². The molecular formula is C10H12BrN5O. The Kier molecular flexibility index (Phi) is 2.18. The molecule has 2 aromatic heterocycles. The van der Waals surface area contributed by atoms with E-state index >= 15 is 0 Å². The highest BCUT2D eigenvalue weighted by atomic mass is 79.9. The standard InChI is InChI=1S/C10H12BrN5O/c1-10(17)2-5(3-10)9-15-7(11)6-8(12)13-4-14-16(6)9/h4-5,17H,2-3H2,1H3,(H2,12,13,14). The molecule has 1 aliphatic carbocycles. The summed E-state index contributed by atoms with van der Waals surface area (Å²) in [6.07, 6.45) is 2.81. The van der Waals surface area contributed by atoms with Crippen LogP contribution in [0, 0.1) is 0 Å². The third-order valence-electron chi connectivity index (χ3n) is 3.18. The quantitative estimate of drug-likeness (QED) is 0.823. The first-order valence-electron chi connectivity index (χ1n) is 5.35. The summed E-state index contributed by atoms with van der Waals surface area (Å²) < 4.78 is 2.35. The molecule has 0 amide bonds. The third kappa shape index (κ3) is 1.61. The van der Waals surface area contributed by atoms with E-state index in [-0.39, 0.29) is 5.92 Å². The molecule has 90 valence electrons. The predicted molar refractivity (Wildman–Crippen MR) is 65.5 cm³/mol. The van der Waals surface area contributed by atoms with Crippen LogP contribution in [0.5, 0.6) is 0 Å². The number of nitrogen functional groups attached to an aromatic ring is 1.